The highest BCUT2D eigenvalue weighted by molar-refractivity contribution is 5.76. The number of anilines is 1. The summed E-state index contributed by atoms with van der Waals surface area (Å²) in [6.45, 7) is 4.02. The van der Waals surface area contributed by atoms with Gasteiger partial charge in [0.15, 0.2) is 23.0 Å². The molecule has 0 aliphatic carbocycles. The van der Waals surface area contributed by atoms with Crippen LogP contribution in [0, 0.1) is 0 Å². The van der Waals surface area contributed by atoms with Crippen LogP contribution in [0.4, 0.5) is 5.69 Å². The minimum absolute atomic E-state index is 0.648. The molecule has 0 bridgehead atoms. The third kappa shape index (κ3) is 2.50. The van der Waals surface area contributed by atoms with Gasteiger partial charge in [-0.3, -0.25) is 0 Å². The summed E-state index contributed by atoms with van der Waals surface area (Å²) in [4.78, 5) is 0. The molecule has 0 fully saturated rings. The third-order valence-electron chi connectivity index (χ3n) is 3.34. The largest absolute Gasteiger partial charge is 0.449 e. The number of hydrogen-bond donors (Lipinski definition) is 1. The molecule has 1 aliphatic heterocycles. The fourth-order valence-corrected chi connectivity index (χ4v) is 2.32. The molecular weight excluding hydrogens is 262 g/mol. The summed E-state index contributed by atoms with van der Waals surface area (Å²) >= 11 is 0. The van der Waals surface area contributed by atoms with E-state index in [0.29, 0.717) is 28.7 Å². The SMILES string of the molecule is C/C=C\C(=C/C)c1ccc2c(c1)Oc1ccc(N)cc1O2. The molecule has 3 heteroatoms. The number of allylic oxidation sites excluding steroid dienone is 4. The molecule has 2 aromatic rings. The first-order valence-corrected chi connectivity index (χ1v) is 6.90. The molecule has 0 aromatic heterocycles. The molecule has 2 aromatic carbocycles. The summed E-state index contributed by atoms with van der Waals surface area (Å²) in [5.41, 5.74) is 8.66. The zero-order valence-corrected chi connectivity index (χ0v) is 12.1. The number of fused-ring (bicyclic) bond motifs is 2. The first-order chi connectivity index (χ1) is 10.2. The van der Waals surface area contributed by atoms with E-state index in [1.165, 1.54) is 0 Å². The molecule has 0 unspecified atom stereocenters. The Morgan fingerprint density at radius 2 is 1.57 bits per heavy atom. The van der Waals surface area contributed by atoms with Gasteiger partial charge in [-0.15, -0.1) is 0 Å². The molecule has 0 spiro atoms. The van der Waals surface area contributed by atoms with Gasteiger partial charge in [-0.25, -0.2) is 0 Å². The van der Waals surface area contributed by atoms with Gasteiger partial charge in [-0.05, 0) is 49.2 Å². The van der Waals surface area contributed by atoms with Gasteiger partial charge in [0.2, 0.25) is 0 Å². The van der Waals surface area contributed by atoms with Crippen LogP contribution < -0.4 is 15.2 Å². The molecule has 3 rings (SSSR count). The lowest BCUT2D eigenvalue weighted by Gasteiger charge is -2.21. The molecule has 0 saturated heterocycles. The Bertz CT molecular complexity index is 745. The lowest BCUT2D eigenvalue weighted by atomic mass is 10.0. The van der Waals surface area contributed by atoms with Crippen molar-refractivity contribution < 1.29 is 9.47 Å². The molecule has 106 valence electrons. The monoisotopic (exact) mass is 279 g/mol. The highest BCUT2D eigenvalue weighted by Crippen LogP contribution is 2.46. The zero-order chi connectivity index (χ0) is 14.8. The summed E-state index contributed by atoms with van der Waals surface area (Å²) in [5.74, 6) is 2.75. The van der Waals surface area contributed by atoms with Crippen LogP contribution in [0.5, 0.6) is 23.0 Å². The predicted molar refractivity (Wildman–Crippen MR) is 85.9 cm³/mol. The van der Waals surface area contributed by atoms with Crippen LogP contribution in [0.25, 0.3) is 5.57 Å². The van der Waals surface area contributed by atoms with Gasteiger partial charge in [0.25, 0.3) is 0 Å². The highest BCUT2D eigenvalue weighted by Gasteiger charge is 2.19. The van der Waals surface area contributed by atoms with Gasteiger partial charge in [-0.1, -0.05) is 24.3 Å². The van der Waals surface area contributed by atoms with E-state index in [-0.39, 0.29) is 0 Å². The lowest BCUT2D eigenvalue weighted by Crippen LogP contribution is -2.00. The minimum atomic E-state index is 0.648. The van der Waals surface area contributed by atoms with Crippen LogP contribution in [0.3, 0.4) is 0 Å². The summed E-state index contributed by atoms with van der Waals surface area (Å²) in [5, 5.41) is 0. The molecule has 0 saturated carbocycles. The van der Waals surface area contributed by atoms with E-state index in [0.717, 1.165) is 11.1 Å². The average molecular weight is 279 g/mol. The van der Waals surface area contributed by atoms with Crippen molar-refractivity contribution >= 4 is 11.3 Å². The van der Waals surface area contributed by atoms with E-state index < -0.39 is 0 Å². The maximum Gasteiger partial charge on any atom is 0.172 e. The van der Waals surface area contributed by atoms with E-state index in [9.17, 15) is 0 Å². The standard InChI is InChI=1S/C18H17NO2/c1-3-5-12(4-2)13-6-8-15-17(10-13)20-16-9-7-14(19)11-18(16)21-15/h3-11H,19H2,1-2H3/b5-3-,12-4+. The lowest BCUT2D eigenvalue weighted by molar-refractivity contribution is 0.359. The molecule has 2 N–H and O–H groups in total. The molecule has 21 heavy (non-hydrogen) atoms. The number of hydrogen-bond acceptors (Lipinski definition) is 3. The van der Waals surface area contributed by atoms with Crippen molar-refractivity contribution in [3.63, 3.8) is 0 Å². The van der Waals surface area contributed by atoms with Gasteiger partial charge in [0.1, 0.15) is 0 Å². The topological polar surface area (TPSA) is 44.5 Å². The second kappa shape index (κ2) is 5.37. The Morgan fingerprint density at radius 1 is 0.905 bits per heavy atom. The fraction of sp³-hybridized carbons (Fsp3) is 0.111. The molecule has 0 atom stereocenters. The van der Waals surface area contributed by atoms with Gasteiger partial charge in [-0.2, -0.15) is 0 Å². The van der Waals surface area contributed by atoms with Gasteiger partial charge >= 0.3 is 0 Å². The molecule has 1 heterocycles. The summed E-state index contributed by atoms with van der Waals surface area (Å²) in [7, 11) is 0. The van der Waals surface area contributed by atoms with Crippen molar-refractivity contribution in [2.75, 3.05) is 5.73 Å². The van der Waals surface area contributed by atoms with E-state index >= 15 is 0 Å². The van der Waals surface area contributed by atoms with Crippen molar-refractivity contribution in [3.8, 4) is 23.0 Å². The van der Waals surface area contributed by atoms with Crippen molar-refractivity contribution in [3.05, 3.63) is 60.2 Å². The average Bonchev–Trinajstić information content (AvgIpc) is 2.50. The van der Waals surface area contributed by atoms with E-state index in [1.54, 1.807) is 12.1 Å². The molecule has 0 amide bonds. The molecular formula is C18H17NO2. The van der Waals surface area contributed by atoms with E-state index in [1.807, 2.05) is 44.2 Å². The molecule has 0 radical (unpaired) electrons. The van der Waals surface area contributed by atoms with Gasteiger partial charge in [0.05, 0.1) is 0 Å². The number of nitrogen functional groups attached to an aromatic ring is 1. The van der Waals surface area contributed by atoms with Crippen LogP contribution in [-0.2, 0) is 0 Å². The zero-order valence-electron chi connectivity index (χ0n) is 12.1. The Labute approximate surface area is 124 Å². The van der Waals surface area contributed by atoms with E-state index in [4.69, 9.17) is 15.2 Å². The normalized spacial score (nSPS) is 13.3. The maximum atomic E-state index is 5.91. The van der Waals surface area contributed by atoms with E-state index in [2.05, 4.69) is 12.2 Å². The first-order valence-electron chi connectivity index (χ1n) is 6.90. The maximum absolute atomic E-state index is 5.91. The number of nitrogens with two attached hydrogens (primary N) is 1. The smallest absolute Gasteiger partial charge is 0.172 e. The highest BCUT2D eigenvalue weighted by atomic mass is 16.6. The predicted octanol–water partition coefficient (Wildman–Crippen LogP) is 5.15. The number of rotatable bonds is 2. The van der Waals surface area contributed by atoms with Gasteiger partial charge in [0, 0.05) is 11.8 Å². The Hall–Kier alpha value is -2.68. The third-order valence-corrected chi connectivity index (χ3v) is 3.34. The quantitative estimate of drug-likeness (QED) is 0.521. The van der Waals surface area contributed by atoms with Crippen LogP contribution in [-0.4, -0.2) is 0 Å². The molecule has 1 aliphatic rings. The molecule has 3 nitrogen and oxygen atoms in total. The van der Waals surface area contributed by atoms with Crippen LogP contribution >= 0.6 is 0 Å². The minimum Gasteiger partial charge on any atom is -0.449 e. The van der Waals surface area contributed by atoms with Crippen LogP contribution in [0.2, 0.25) is 0 Å². The second-order valence-corrected chi connectivity index (χ2v) is 4.82. The summed E-state index contributed by atoms with van der Waals surface area (Å²) in [6, 6.07) is 11.3. The van der Waals surface area contributed by atoms with Crippen molar-refractivity contribution in [2.45, 2.75) is 13.8 Å². The second-order valence-electron chi connectivity index (χ2n) is 4.82. The number of ether oxygens (including phenoxy) is 2. The Kier molecular flexibility index (Phi) is 3.40. The number of benzene rings is 2. The first kappa shape index (κ1) is 13.3. The summed E-state index contributed by atoms with van der Waals surface area (Å²) in [6.07, 6.45) is 6.16. The van der Waals surface area contributed by atoms with Crippen molar-refractivity contribution in [1.82, 2.24) is 0 Å². The van der Waals surface area contributed by atoms with Crippen LogP contribution in [0.1, 0.15) is 19.4 Å². The van der Waals surface area contributed by atoms with Gasteiger partial charge < -0.3 is 15.2 Å². The van der Waals surface area contributed by atoms with Crippen molar-refractivity contribution in [2.24, 2.45) is 0 Å². The Morgan fingerprint density at radius 3 is 2.24 bits per heavy atom. The fourth-order valence-electron chi connectivity index (χ4n) is 2.32. The summed E-state index contributed by atoms with van der Waals surface area (Å²) < 4.78 is 11.8. The Balaban J connectivity index is 1.99. The van der Waals surface area contributed by atoms with Crippen molar-refractivity contribution in [1.29, 1.82) is 0 Å². The van der Waals surface area contributed by atoms with Crippen LogP contribution in [0.15, 0.2) is 54.6 Å².